The van der Waals surface area contributed by atoms with Gasteiger partial charge in [0.25, 0.3) is 0 Å². The number of nitrogens with one attached hydrogen (secondary N) is 3. The third-order valence-corrected chi connectivity index (χ3v) is 5.16. The number of carbonyl (C=O) groups is 2. The maximum atomic E-state index is 12.6. The first-order valence-electron chi connectivity index (χ1n) is 9.14. The molecule has 0 bridgehead atoms. The Morgan fingerprint density at radius 2 is 1.83 bits per heavy atom. The van der Waals surface area contributed by atoms with Gasteiger partial charge in [-0.3, -0.25) is 14.9 Å². The Bertz CT molecular complexity index is 959. The molecule has 1 aromatic heterocycles. The molecule has 0 aliphatic heterocycles. The number of methoxy groups -OCH3 is 1. The quantitative estimate of drug-likeness (QED) is 0.525. The molecule has 0 aliphatic carbocycles. The van der Waals surface area contributed by atoms with Crippen molar-refractivity contribution < 1.29 is 14.3 Å². The Balaban J connectivity index is 1.70. The van der Waals surface area contributed by atoms with E-state index in [2.05, 4.69) is 16.0 Å². The molecule has 3 rings (SSSR count). The molecule has 7 heteroatoms. The van der Waals surface area contributed by atoms with Crippen LogP contribution in [0.5, 0.6) is 5.75 Å². The molecule has 1 atom stereocenters. The Labute approximate surface area is 173 Å². The number of rotatable bonds is 8. The van der Waals surface area contributed by atoms with Crippen molar-refractivity contribution in [3.63, 3.8) is 0 Å². The number of ether oxygens (including phenoxy) is 1. The van der Waals surface area contributed by atoms with E-state index in [0.717, 1.165) is 10.4 Å². The molecule has 2 amide bonds. The summed E-state index contributed by atoms with van der Waals surface area (Å²) in [6, 6.07) is 19.1. The molecular weight excluding hydrogens is 386 g/mol. The summed E-state index contributed by atoms with van der Waals surface area (Å²) in [5, 5.41) is 10.9. The number of hydrogen-bond acceptors (Lipinski definition) is 5. The van der Waals surface area contributed by atoms with Crippen LogP contribution in [0, 0.1) is 0 Å². The number of thiophene rings is 1. The maximum absolute atomic E-state index is 12.6. The van der Waals surface area contributed by atoms with Crippen molar-refractivity contribution in [2.24, 2.45) is 0 Å². The summed E-state index contributed by atoms with van der Waals surface area (Å²) in [6.45, 7) is 1.55. The second-order valence-electron chi connectivity index (χ2n) is 6.38. The monoisotopic (exact) mass is 409 g/mol. The van der Waals surface area contributed by atoms with Crippen LogP contribution in [0.15, 0.2) is 66.0 Å². The normalized spacial score (nSPS) is 11.5. The van der Waals surface area contributed by atoms with E-state index in [1.807, 2.05) is 47.8 Å². The van der Waals surface area contributed by atoms with E-state index >= 15 is 0 Å². The van der Waals surface area contributed by atoms with Gasteiger partial charge >= 0.3 is 0 Å². The van der Waals surface area contributed by atoms with E-state index < -0.39 is 0 Å². The molecule has 29 heavy (non-hydrogen) atoms. The molecular formula is C22H23N3O3S. The van der Waals surface area contributed by atoms with Crippen LogP contribution in [-0.4, -0.2) is 25.5 Å². The lowest BCUT2D eigenvalue weighted by atomic mass is 10.1. The number of hydrogen-bond donors (Lipinski definition) is 3. The third-order valence-electron chi connectivity index (χ3n) is 4.22. The molecule has 0 saturated carbocycles. The number of benzene rings is 2. The predicted molar refractivity (Wildman–Crippen MR) is 117 cm³/mol. The Morgan fingerprint density at radius 1 is 1.03 bits per heavy atom. The second kappa shape index (κ2) is 9.86. The molecule has 1 heterocycles. The van der Waals surface area contributed by atoms with Crippen molar-refractivity contribution in [2.75, 3.05) is 24.3 Å². The highest BCUT2D eigenvalue weighted by Gasteiger charge is 2.17. The smallest absolute Gasteiger partial charge is 0.238 e. The van der Waals surface area contributed by atoms with E-state index in [-0.39, 0.29) is 24.4 Å². The van der Waals surface area contributed by atoms with E-state index in [0.29, 0.717) is 17.1 Å². The molecule has 3 aromatic rings. The number of carbonyl (C=O) groups excluding carboxylic acids is 2. The Hall–Kier alpha value is -3.16. The maximum Gasteiger partial charge on any atom is 0.238 e. The molecule has 0 aliphatic rings. The SMILES string of the molecule is COc1ccc(NC(C)=O)cc1NC(=O)CN[C@H](c1ccccc1)c1cccs1. The summed E-state index contributed by atoms with van der Waals surface area (Å²) in [5.74, 6) is 0.127. The largest absolute Gasteiger partial charge is 0.495 e. The topological polar surface area (TPSA) is 79.5 Å². The van der Waals surface area contributed by atoms with Gasteiger partial charge in [0.15, 0.2) is 0 Å². The van der Waals surface area contributed by atoms with Crippen molar-refractivity contribution in [3.8, 4) is 5.75 Å². The van der Waals surface area contributed by atoms with Gasteiger partial charge in [-0.15, -0.1) is 11.3 Å². The van der Waals surface area contributed by atoms with E-state index in [9.17, 15) is 9.59 Å². The summed E-state index contributed by atoms with van der Waals surface area (Å²) in [7, 11) is 1.53. The molecule has 0 radical (unpaired) electrons. The van der Waals surface area contributed by atoms with E-state index in [1.165, 1.54) is 14.0 Å². The summed E-state index contributed by atoms with van der Waals surface area (Å²) in [6.07, 6.45) is 0. The van der Waals surface area contributed by atoms with Crippen molar-refractivity contribution in [1.29, 1.82) is 0 Å². The van der Waals surface area contributed by atoms with Crippen LogP contribution in [0.25, 0.3) is 0 Å². The number of anilines is 2. The zero-order valence-electron chi connectivity index (χ0n) is 16.3. The van der Waals surface area contributed by atoms with Gasteiger partial charge in [-0.05, 0) is 35.2 Å². The minimum absolute atomic E-state index is 0.0745. The Morgan fingerprint density at radius 3 is 2.48 bits per heavy atom. The molecule has 150 valence electrons. The van der Waals surface area contributed by atoms with Gasteiger partial charge < -0.3 is 15.4 Å². The summed E-state index contributed by atoms with van der Waals surface area (Å²) < 4.78 is 5.31. The minimum Gasteiger partial charge on any atom is -0.495 e. The minimum atomic E-state index is -0.208. The van der Waals surface area contributed by atoms with Crippen molar-refractivity contribution in [1.82, 2.24) is 5.32 Å². The summed E-state index contributed by atoms with van der Waals surface area (Å²) in [5.41, 5.74) is 2.17. The lowest BCUT2D eigenvalue weighted by Crippen LogP contribution is -2.31. The zero-order valence-corrected chi connectivity index (χ0v) is 17.1. The highest BCUT2D eigenvalue weighted by Crippen LogP contribution is 2.28. The standard InChI is InChI=1S/C22H23N3O3S/c1-15(26)24-17-10-11-19(28-2)18(13-17)25-21(27)14-23-22(20-9-6-12-29-20)16-7-4-3-5-8-16/h3-13,22-23H,14H2,1-2H3,(H,24,26)(H,25,27)/t22-/m1/s1. The average molecular weight is 410 g/mol. The lowest BCUT2D eigenvalue weighted by molar-refractivity contribution is -0.115. The molecule has 0 unspecified atom stereocenters. The fourth-order valence-electron chi connectivity index (χ4n) is 2.96. The summed E-state index contributed by atoms with van der Waals surface area (Å²) >= 11 is 1.64. The molecule has 6 nitrogen and oxygen atoms in total. The van der Waals surface area contributed by atoms with Gasteiger partial charge in [-0.25, -0.2) is 0 Å². The van der Waals surface area contributed by atoms with Gasteiger partial charge in [0.2, 0.25) is 11.8 Å². The lowest BCUT2D eigenvalue weighted by Gasteiger charge is -2.18. The first-order chi connectivity index (χ1) is 14.1. The molecule has 0 saturated heterocycles. The van der Waals surface area contributed by atoms with Crippen LogP contribution < -0.4 is 20.7 Å². The first kappa shape index (κ1) is 20.6. The summed E-state index contributed by atoms with van der Waals surface area (Å²) in [4.78, 5) is 25.0. The molecule has 0 spiro atoms. The fourth-order valence-corrected chi connectivity index (χ4v) is 3.79. The van der Waals surface area contributed by atoms with Crippen molar-refractivity contribution >= 4 is 34.5 Å². The van der Waals surface area contributed by atoms with Crippen LogP contribution >= 0.6 is 11.3 Å². The van der Waals surface area contributed by atoms with Gasteiger partial charge in [-0.2, -0.15) is 0 Å². The Kier molecular flexibility index (Phi) is 6.99. The highest BCUT2D eigenvalue weighted by atomic mass is 32.1. The molecule has 3 N–H and O–H groups in total. The van der Waals surface area contributed by atoms with Gasteiger partial charge in [0, 0.05) is 17.5 Å². The van der Waals surface area contributed by atoms with Crippen molar-refractivity contribution in [3.05, 3.63) is 76.5 Å². The molecule has 2 aromatic carbocycles. The second-order valence-corrected chi connectivity index (χ2v) is 7.36. The van der Waals surface area contributed by atoms with Gasteiger partial charge in [0.1, 0.15) is 5.75 Å². The van der Waals surface area contributed by atoms with Gasteiger partial charge in [-0.1, -0.05) is 36.4 Å². The van der Waals surface area contributed by atoms with Crippen LogP contribution in [-0.2, 0) is 9.59 Å². The zero-order chi connectivity index (χ0) is 20.6. The third kappa shape index (κ3) is 5.66. The highest BCUT2D eigenvalue weighted by molar-refractivity contribution is 7.10. The van der Waals surface area contributed by atoms with Crippen LogP contribution in [0.2, 0.25) is 0 Å². The van der Waals surface area contributed by atoms with Crippen LogP contribution in [0.4, 0.5) is 11.4 Å². The number of amides is 2. The predicted octanol–water partition coefficient (Wildman–Crippen LogP) is 4.03. The van der Waals surface area contributed by atoms with Crippen molar-refractivity contribution in [2.45, 2.75) is 13.0 Å². The van der Waals surface area contributed by atoms with E-state index in [1.54, 1.807) is 29.5 Å². The fraction of sp³-hybridized carbons (Fsp3) is 0.182. The first-order valence-corrected chi connectivity index (χ1v) is 10.0. The van der Waals surface area contributed by atoms with Crippen LogP contribution in [0.1, 0.15) is 23.4 Å². The van der Waals surface area contributed by atoms with E-state index in [4.69, 9.17) is 4.74 Å². The van der Waals surface area contributed by atoms with Crippen LogP contribution in [0.3, 0.4) is 0 Å². The van der Waals surface area contributed by atoms with Gasteiger partial charge in [0.05, 0.1) is 25.4 Å². The molecule has 0 fully saturated rings. The average Bonchev–Trinajstić information content (AvgIpc) is 3.23.